The maximum Gasteiger partial charge on any atom is 0.332 e. The summed E-state index contributed by atoms with van der Waals surface area (Å²) in [4.78, 5) is 11.4. The highest BCUT2D eigenvalue weighted by Crippen LogP contribution is 2.24. The lowest BCUT2D eigenvalue weighted by Gasteiger charge is -2.37. The number of nitrogens with zero attached hydrogens (tertiary/aromatic N) is 1. The zero-order valence-electron chi connectivity index (χ0n) is 11.3. The molecule has 0 atom stereocenters. The number of aromatic nitrogens is 1. The Morgan fingerprint density at radius 1 is 1.39 bits per heavy atom. The second-order valence-corrected chi connectivity index (χ2v) is 5.75. The molecular weight excluding hydrogens is 252 g/mol. The Bertz CT molecular complexity index is 465. The van der Waals surface area contributed by atoms with Gasteiger partial charge in [-0.25, -0.2) is 0 Å². The van der Waals surface area contributed by atoms with Gasteiger partial charge < -0.3 is 14.3 Å². The minimum Gasteiger partial charge on any atom is -0.427 e. The Kier molecular flexibility index (Phi) is 4.31. The molecule has 0 aliphatic heterocycles. The summed E-state index contributed by atoms with van der Waals surface area (Å²) in [6, 6.07) is 1.53. The Morgan fingerprint density at radius 3 is 2.39 bits per heavy atom. The van der Waals surface area contributed by atoms with Crippen molar-refractivity contribution < 1.29 is 9.76 Å². The van der Waals surface area contributed by atoms with Crippen molar-refractivity contribution >= 4 is 24.5 Å². The average Bonchev–Trinajstić information content (AvgIpc) is 2.21. The fourth-order valence-corrected chi connectivity index (χ4v) is 1.38. The molecule has 4 nitrogen and oxygen atoms in total. The summed E-state index contributed by atoms with van der Waals surface area (Å²) in [5.41, 5.74) is -1.34. The molecule has 0 aliphatic rings. The van der Waals surface area contributed by atoms with Gasteiger partial charge in [-0.3, -0.25) is 4.79 Å². The number of rotatable bonds is 4. The van der Waals surface area contributed by atoms with Crippen LogP contribution in [0.5, 0.6) is 0 Å². The van der Waals surface area contributed by atoms with Crippen molar-refractivity contribution in [2.45, 2.75) is 38.9 Å². The average molecular weight is 271 g/mol. The molecule has 0 unspecified atom stereocenters. The maximum absolute atomic E-state index is 11.4. The van der Waals surface area contributed by atoms with Crippen LogP contribution >= 0.6 is 11.6 Å². The molecule has 1 heterocycles. The molecule has 0 spiro atoms. The van der Waals surface area contributed by atoms with E-state index in [0.29, 0.717) is 5.46 Å². The highest BCUT2D eigenvalue weighted by Gasteiger charge is 2.35. The fraction of sp³-hybridized carbons (Fsp3) is 0.583. The first-order valence-electron chi connectivity index (χ1n) is 5.64. The van der Waals surface area contributed by atoms with Crippen LogP contribution in [0, 0.1) is 0 Å². The molecule has 0 fully saturated rings. The lowest BCUT2D eigenvalue weighted by Crippen LogP contribution is -2.49. The van der Waals surface area contributed by atoms with Crippen LogP contribution in [0.1, 0.15) is 27.7 Å². The molecule has 1 N–H and O–H groups in total. The second-order valence-electron chi connectivity index (χ2n) is 5.34. The summed E-state index contributed by atoms with van der Waals surface area (Å²) in [5, 5.41) is 10.1. The molecule has 1 aromatic heterocycles. The second kappa shape index (κ2) is 5.07. The van der Waals surface area contributed by atoms with Crippen molar-refractivity contribution in [1.82, 2.24) is 4.57 Å². The summed E-state index contributed by atoms with van der Waals surface area (Å²) in [6.45, 7) is 6.92. The first-order valence-corrected chi connectivity index (χ1v) is 6.02. The van der Waals surface area contributed by atoms with E-state index in [1.807, 2.05) is 0 Å². The van der Waals surface area contributed by atoms with Gasteiger partial charge in [-0.2, -0.15) is 0 Å². The summed E-state index contributed by atoms with van der Waals surface area (Å²) in [6.07, 6.45) is 1.62. The number of pyridine rings is 1. The van der Waals surface area contributed by atoms with Gasteiger partial charge in [0.1, 0.15) is 5.02 Å². The molecule has 0 bridgehead atoms. The van der Waals surface area contributed by atoms with E-state index in [1.165, 1.54) is 18.1 Å². The van der Waals surface area contributed by atoms with Crippen LogP contribution in [-0.4, -0.2) is 28.4 Å². The minimum atomic E-state index is -0.992. The predicted molar refractivity (Wildman–Crippen MR) is 73.5 cm³/mol. The summed E-state index contributed by atoms with van der Waals surface area (Å²) in [5.74, 6) is 0. The molecule has 99 valence electrons. The third-order valence-corrected chi connectivity index (χ3v) is 3.39. The van der Waals surface area contributed by atoms with Gasteiger partial charge in [0.15, 0.2) is 0 Å². The Labute approximate surface area is 113 Å². The molecule has 0 aromatic carbocycles. The van der Waals surface area contributed by atoms with E-state index >= 15 is 0 Å². The van der Waals surface area contributed by atoms with Crippen LogP contribution in [0.4, 0.5) is 0 Å². The Balaban J connectivity index is 2.85. The van der Waals surface area contributed by atoms with Crippen LogP contribution in [0.2, 0.25) is 5.02 Å². The van der Waals surface area contributed by atoms with Gasteiger partial charge >= 0.3 is 7.48 Å². The van der Waals surface area contributed by atoms with Gasteiger partial charge in [0.25, 0.3) is 5.56 Å². The lowest BCUT2D eigenvalue weighted by atomic mass is 9.83. The highest BCUT2D eigenvalue weighted by atomic mass is 35.5. The lowest BCUT2D eigenvalue weighted by molar-refractivity contribution is -0.0893. The van der Waals surface area contributed by atoms with Crippen molar-refractivity contribution in [1.29, 1.82) is 0 Å². The minimum absolute atomic E-state index is 0.135. The van der Waals surface area contributed by atoms with E-state index in [-0.39, 0.29) is 10.6 Å². The van der Waals surface area contributed by atoms with Crippen molar-refractivity contribution in [3.8, 4) is 0 Å². The molecule has 1 aromatic rings. The molecule has 0 saturated carbocycles. The van der Waals surface area contributed by atoms with Gasteiger partial charge in [0.05, 0.1) is 11.2 Å². The smallest absolute Gasteiger partial charge is 0.332 e. The SMILES string of the molecule is Cn1cc([B]OC(C)(C)C(C)(C)O)cc(Cl)c1=O. The van der Waals surface area contributed by atoms with E-state index in [9.17, 15) is 9.90 Å². The normalized spacial score (nSPS) is 12.6. The van der Waals surface area contributed by atoms with E-state index in [1.54, 1.807) is 40.9 Å². The van der Waals surface area contributed by atoms with Gasteiger partial charge in [0.2, 0.25) is 0 Å². The van der Waals surface area contributed by atoms with Crippen molar-refractivity contribution in [3.05, 3.63) is 27.6 Å². The number of halogens is 1. The van der Waals surface area contributed by atoms with Crippen LogP contribution < -0.4 is 11.0 Å². The van der Waals surface area contributed by atoms with Crippen LogP contribution in [0.25, 0.3) is 0 Å². The molecule has 6 heteroatoms. The number of hydrogen-bond donors (Lipinski definition) is 1. The number of aryl methyl sites for hydroxylation is 1. The van der Waals surface area contributed by atoms with Gasteiger partial charge in [-0.15, -0.1) is 0 Å². The Morgan fingerprint density at radius 2 is 1.94 bits per heavy atom. The molecule has 1 rings (SSSR count). The first kappa shape index (κ1) is 15.3. The zero-order valence-corrected chi connectivity index (χ0v) is 12.1. The maximum atomic E-state index is 11.4. The number of aliphatic hydroxyl groups is 1. The topological polar surface area (TPSA) is 51.5 Å². The molecular formula is C12H18BClNO3. The molecule has 18 heavy (non-hydrogen) atoms. The van der Waals surface area contributed by atoms with E-state index < -0.39 is 11.2 Å². The van der Waals surface area contributed by atoms with Crippen LogP contribution in [0.15, 0.2) is 17.1 Å². The van der Waals surface area contributed by atoms with E-state index in [2.05, 4.69) is 0 Å². The first-order chi connectivity index (χ1) is 8.04. The monoisotopic (exact) mass is 270 g/mol. The molecule has 0 amide bonds. The van der Waals surface area contributed by atoms with Gasteiger partial charge in [-0.05, 0) is 39.2 Å². The van der Waals surface area contributed by atoms with Crippen molar-refractivity contribution in [2.24, 2.45) is 7.05 Å². The van der Waals surface area contributed by atoms with Crippen molar-refractivity contribution in [3.63, 3.8) is 0 Å². The summed E-state index contributed by atoms with van der Waals surface area (Å²) < 4.78 is 6.96. The summed E-state index contributed by atoms with van der Waals surface area (Å²) >= 11 is 5.80. The van der Waals surface area contributed by atoms with Gasteiger partial charge in [0, 0.05) is 13.2 Å². The third kappa shape index (κ3) is 3.37. The largest absolute Gasteiger partial charge is 0.427 e. The van der Waals surface area contributed by atoms with Crippen molar-refractivity contribution in [2.75, 3.05) is 0 Å². The summed E-state index contributed by atoms with van der Waals surface area (Å²) in [7, 11) is 3.11. The molecule has 0 aliphatic carbocycles. The highest BCUT2D eigenvalue weighted by molar-refractivity contribution is 6.47. The number of hydrogen-bond acceptors (Lipinski definition) is 3. The van der Waals surface area contributed by atoms with Crippen LogP contribution in [-0.2, 0) is 11.7 Å². The molecule has 1 radical (unpaired) electrons. The predicted octanol–water partition coefficient (Wildman–Crippen LogP) is 0.849. The van der Waals surface area contributed by atoms with Gasteiger partial charge in [-0.1, -0.05) is 11.6 Å². The quantitative estimate of drug-likeness (QED) is 0.825. The fourth-order valence-electron chi connectivity index (χ4n) is 1.12. The van der Waals surface area contributed by atoms with E-state index in [4.69, 9.17) is 16.3 Å². The zero-order chi connectivity index (χ0) is 14.1. The van der Waals surface area contributed by atoms with E-state index in [0.717, 1.165) is 0 Å². The third-order valence-electron chi connectivity index (χ3n) is 3.12. The Hall–Kier alpha value is -0.775. The van der Waals surface area contributed by atoms with Crippen LogP contribution in [0.3, 0.4) is 0 Å². The standard InChI is InChI=1S/C12H18BClNO3/c1-11(2,17)12(3,4)18-13-8-6-9(14)10(16)15(5)7-8/h6-7,17H,1-5H3. The molecule has 0 saturated heterocycles.